The fourth-order valence-electron chi connectivity index (χ4n) is 1.59. The molecule has 1 heterocycles. The van der Waals surface area contributed by atoms with Gasteiger partial charge in [-0.15, -0.1) is 0 Å². The Hall–Kier alpha value is -0.830. The number of nitrogens with zero attached hydrogens (tertiary/aromatic N) is 1. The van der Waals surface area contributed by atoms with Gasteiger partial charge in [0.25, 0.3) is 5.19 Å². The third kappa shape index (κ3) is 2.10. The second-order valence-corrected chi connectivity index (χ2v) is 4.31. The van der Waals surface area contributed by atoms with Gasteiger partial charge in [0.15, 0.2) is 0 Å². The lowest BCUT2D eigenvalue weighted by atomic mass is 10.1. The number of hydrogen-bond acceptors (Lipinski definition) is 3. The average molecular weight is 195 g/mol. The van der Waals surface area contributed by atoms with Crippen LogP contribution in [0, 0.1) is 0 Å². The van der Waals surface area contributed by atoms with Crippen molar-refractivity contribution in [3.63, 3.8) is 0 Å². The van der Waals surface area contributed by atoms with E-state index in [1.165, 1.54) is 24.1 Å². The van der Waals surface area contributed by atoms with Crippen molar-refractivity contribution in [3.8, 4) is 5.19 Å². The van der Waals surface area contributed by atoms with Gasteiger partial charge in [-0.3, -0.25) is 0 Å². The molecule has 1 aromatic rings. The molecular formula is C10H13NOS. The van der Waals surface area contributed by atoms with Crippen molar-refractivity contribution in [1.29, 1.82) is 0 Å². The minimum Gasteiger partial charge on any atom is -0.473 e. The zero-order valence-corrected chi connectivity index (χ0v) is 8.56. The van der Waals surface area contributed by atoms with E-state index >= 15 is 0 Å². The van der Waals surface area contributed by atoms with Gasteiger partial charge in [0.05, 0.1) is 7.11 Å². The Labute approximate surface area is 82.3 Å². The lowest BCUT2D eigenvalue weighted by molar-refractivity contribution is 0.412. The van der Waals surface area contributed by atoms with E-state index in [1.807, 2.05) is 6.20 Å². The Kier molecular flexibility index (Phi) is 2.64. The van der Waals surface area contributed by atoms with Crippen LogP contribution in [0.5, 0.6) is 5.19 Å². The van der Waals surface area contributed by atoms with Crippen LogP contribution in [0.3, 0.4) is 0 Å². The molecule has 0 spiro atoms. The highest BCUT2D eigenvalue weighted by Gasteiger charge is 2.08. The Bertz CT molecular complexity index is 316. The smallest absolute Gasteiger partial charge is 0.273 e. The van der Waals surface area contributed by atoms with Gasteiger partial charge >= 0.3 is 0 Å². The van der Waals surface area contributed by atoms with E-state index in [9.17, 15) is 0 Å². The van der Waals surface area contributed by atoms with Crippen molar-refractivity contribution in [2.24, 2.45) is 0 Å². The Balaban J connectivity index is 2.00. The summed E-state index contributed by atoms with van der Waals surface area (Å²) in [6.07, 6.45) is 9.19. The summed E-state index contributed by atoms with van der Waals surface area (Å²) in [7, 11) is 1.66. The van der Waals surface area contributed by atoms with Crippen LogP contribution in [0.1, 0.15) is 24.1 Å². The van der Waals surface area contributed by atoms with Gasteiger partial charge in [-0.05, 0) is 19.3 Å². The maximum atomic E-state index is 5.05. The van der Waals surface area contributed by atoms with Gasteiger partial charge in [0, 0.05) is 17.5 Å². The molecule has 0 bridgehead atoms. The van der Waals surface area contributed by atoms with Crippen LogP contribution in [-0.2, 0) is 6.42 Å². The molecule has 0 aromatic carbocycles. The number of hydrogen-bond donors (Lipinski definition) is 0. The standard InChI is InChI=1S/C10H13NOS/c1-12-10-11-7-9(13-10)6-8-4-2-3-5-8/h4,7H,2-3,5-6H2,1H3. The normalized spacial score (nSPS) is 15.9. The van der Waals surface area contributed by atoms with Crippen LogP contribution in [0.25, 0.3) is 0 Å². The highest BCUT2D eigenvalue weighted by molar-refractivity contribution is 7.13. The van der Waals surface area contributed by atoms with Crippen molar-refractivity contribution >= 4 is 11.3 Å². The number of aromatic nitrogens is 1. The summed E-state index contributed by atoms with van der Waals surface area (Å²) >= 11 is 1.65. The van der Waals surface area contributed by atoms with E-state index in [1.54, 1.807) is 24.0 Å². The molecule has 0 atom stereocenters. The molecule has 0 unspecified atom stereocenters. The monoisotopic (exact) mass is 195 g/mol. The Morgan fingerprint density at radius 2 is 2.54 bits per heavy atom. The van der Waals surface area contributed by atoms with Crippen molar-refractivity contribution in [1.82, 2.24) is 4.98 Å². The molecule has 2 rings (SSSR count). The molecule has 1 aromatic heterocycles. The molecule has 13 heavy (non-hydrogen) atoms. The second-order valence-electron chi connectivity index (χ2n) is 3.23. The number of ether oxygens (including phenoxy) is 1. The molecule has 0 fully saturated rings. The molecule has 0 aliphatic heterocycles. The van der Waals surface area contributed by atoms with E-state index in [0.29, 0.717) is 0 Å². The maximum Gasteiger partial charge on any atom is 0.273 e. The molecular weight excluding hydrogens is 182 g/mol. The molecule has 0 saturated heterocycles. The summed E-state index contributed by atoms with van der Waals surface area (Å²) in [4.78, 5) is 5.46. The van der Waals surface area contributed by atoms with Gasteiger partial charge < -0.3 is 4.74 Å². The molecule has 70 valence electrons. The number of allylic oxidation sites excluding steroid dienone is 2. The maximum absolute atomic E-state index is 5.05. The van der Waals surface area contributed by atoms with Crippen molar-refractivity contribution in [2.45, 2.75) is 25.7 Å². The fourth-order valence-corrected chi connectivity index (χ4v) is 2.36. The number of methoxy groups -OCH3 is 1. The topological polar surface area (TPSA) is 22.1 Å². The molecule has 2 nitrogen and oxygen atoms in total. The van der Waals surface area contributed by atoms with Crippen LogP contribution in [0.2, 0.25) is 0 Å². The summed E-state index contributed by atoms with van der Waals surface area (Å²) in [6, 6.07) is 0. The molecule has 0 radical (unpaired) electrons. The SMILES string of the molecule is COc1ncc(CC2=CCCC2)s1. The summed E-state index contributed by atoms with van der Waals surface area (Å²) in [5.74, 6) is 0. The second kappa shape index (κ2) is 3.92. The molecule has 0 saturated carbocycles. The van der Waals surface area contributed by atoms with Crippen molar-refractivity contribution in [3.05, 3.63) is 22.7 Å². The van der Waals surface area contributed by atoms with Gasteiger partial charge in [0.2, 0.25) is 0 Å². The third-order valence-corrected chi connectivity index (χ3v) is 3.20. The minimum absolute atomic E-state index is 0.772. The van der Waals surface area contributed by atoms with Gasteiger partial charge in [-0.2, -0.15) is 0 Å². The highest BCUT2D eigenvalue weighted by atomic mass is 32.1. The van der Waals surface area contributed by atoms with Gasteiger partial charge in [0.1, 0.15) is 0 Å². The summed E-state index contributed by atoms with van der Waals surface area (Å²) in [6.45, 7) is 0. The van der Waals surface area contributed by atoms with Crippen LogP contribution in [0.15, 0.2) is 17.8 Å². The quantitative estimate of drug-likeness (QED) is 0.692. The minimum atomic E-state index is 0.772. The molecule has 0 N–H and O–H groups in total. The molecule has 1 aliphatic rings. The third-order valence-electron chi connectivity index (χ3n) is 2.24. The van der Waals surface area contributed by atoms with E-state index in [-0.39, 0.29) is 0 Å². The van der Waals surface area contributed by atoms with E-state index in [2.05, 4.69) is 11.1 Å². The first-order valence-electron chi connectivity index (χ1n) is 4.55. The molecule has 0 amide bonds. The van der Waals surface area contributed by atoms with Crippen molar-refractivity contribution in [2.75, 3.05) is 7.11 Å². The molecule has 1 aliphatic carbocycles. The largest absolute Gasteiger partial charge is 0.473 e. The summed E-state index contributed by atoms with van der Waals surface area (Å²) < 4.78 is 5.05. The summed E-state index contributed by atoms with van der Waals surface area (Å²) in [5.41, 5.74) is 1.56. The van der Waals surface area contributed by atoms with Crippen LogP contribution >= 0.6 is 11.3 Å². The van der Waals surface area contributed by atoms with E-state index < -0.39 is 0 Å². The van der Waals surface area contributed by atoms with Crippen LogP contribution in [-0.4, -0.2) is 12.1 Å². The first kappa shape index (κ1) is 8.75. The van der Waals surface area contributed by atoms with E-state index in [0.717, 1.165) is 11.6 Å². The lowest BCUT2D eigenvalue weighted by Gasteiger charge is -1.96. The summed E-state index contributed by atoms with van der Waals surface area (Å²) in [5, 5.41) is 0.772. The number of rotatable bonds is 3. The zero-order chi connectivity index (χ0) is 9.10. The predicted octanol–water partition coefficient (Wildman–Crippen LogP) is 2.80. The molecule has 3 heteroatoms. The number of thiazole rings is 1. The van der Waals surface area contributed by atoms with Crippen molar-refractivity contribution < 1.29 is 4.74 Å². The van der Waals surface area contributed by atoms with E-state index in [4.69, 9.17) is 4.74 Å². The van der Waals surface area contributed by atoms with Gasteiger partial charge in [-0.1, -0.05) is 23.0 Å². The zero-order valence-electron chi connectivity index (χ0n) is 7.75. The average Bonchev–Trinajstić information content (AvgIpc) is 2.76. The van der Waals surface area contributed by atoms with Gasteiger partial charge in [-0.25, -0.2) is 4.98 Å². The lowest BCUT2D eigenvalue weighted by Crippen LogP contribution is -1.82. The first-order valence-corrected chi connectivity index (χ1v) is 5.37. The Morgan fingerprint density at radius 1 is 1.62 bits per heavy atom. The van der Waals surface area contributed by atoms with Crippen LogP contribution < -0.4 is 4.74 Å². The fraction of sp³-hybridized carbons (Fsp3) is 0.500. The highest BCUT2D eigenvalue weighted by Crippen LogP contribution is 2.26. The first-order chi connectivity index (χ1) is 6.38. The predicted molar refractivity (Wildman–Crippen MR) is 54.3 cm³/mol. The Morgan fingerprint density at radius 3 is 3.15 bits per heavy atom. The van der Waals surface area contributed by atoms with Crippen LogP contribution in [0.4, 0.5) is 0 Å².